The lowest BCUT2D eigenvalue weighted by Crippen LogP contribution is -2.35. The molecule has 2 heterocycles. The van der Waals surface area contributed by atoms with Gasteiger partial charge in [-0.2, -0.15) is 18.2 Å². The van der Waals surface area contributed by atoms with E-state index in [1.54, 1.807) is 17.1 Å². The van der Waals surface area contributed by atoms with Crippen molar-refractivity contribution in [2.75, 3.05) is 6.54 Å². The molecule has 1 aromatic carbocycles. The number of halogens is 6. The van der Waals surface area contributed by atoms with E-state index in [9.17, 15) is 31.1 Å². The first-order valence-corrected chi connectivity index (χ1v) is 11.7. The smallest absolute Gasteiger partial charge is 0.475 e. The van der Waals surface area contributed by atoms with Crippen LogP contribution in [0.3, 0.4) is 0 Å². The number of carboxylic acid groups (broad SMARTS) is 1. The van der Waals surface area contributed by atoms with Crippen LogP contribution in [-0.2, 0) is 9.59 Å². The molecular formula is C25H24F6N4O4. The first kappa shape index (κ1) is 29.6. The van der Waals surface area contributed by atoms with E-state index in [1.165, 1.54) is 12.1 Å². The minimum absolute atomic E-state index is 0.0101. The molecule has 1 aliphatic heterocycles. The average Bonchev–Trinajstić information content (AvgIpc) is 3.48. The number of carboxylic acids is 1. The molecule has 0 bridgehead atoms. The number of likely N-dealkylation sites (tertiary alicyclic amines) is 1. The number of nitrogens with zero attached hydrogens (tertiary/aromatic N) is 3. The maximum absolute atomic E-state index is 14.1. The Morgan fingerprint density at radius 1 is 1.18 bits per heavy atom. The summed E-state index contributed by atoms with van der Waals surface area (Å²) in [6.45, 7) is 0.499. The fourth-order valence-electron chi connectivity index (χ4n) is 3.98. The number of aliphatic carboxylic acids is 1. The van der Waals surface area contributed by atoms with Crippen LogP contribution in [0.4, 0.5) is 26.3 Å². The van der Waals surface area contributed by atoms with E-state index in [4.69, 9.17) is 20.2 Å². The molecule has 39 heavy (non-hydrogen) atoms. The van der Waals surface area contributed by atoms with Crippen LogP contribution in [0, 0.1) is 11.6 Å². The van der Waals surface area contributed by atoms with Crippen molar-refractivity contribution in [2.45, 2.75) is 50.4 Å². The summed E-state index contributed by atoms with van der Waals surface area (Å²) in [6, 6.07) is 2.10. The molecule has 210 valence electrons. The van der Waals surface area contributed by atoms with E-state index in [-0.39, 0.29) is 41.9 Å². The Kier molecular flexibility index (Phi) is 9.67. The second-order valence-corrected chi connectivity index (χ2v) is 8.71. The highest BCUT2D eigenvalue weighted by Gasteiger charge is 2.38. The molecule has 2 aromatic rings. The molecule has 1 amide bonds. The first-order chi connectivity index (χ1) is 18.4. The average molecular weight is 558 g/mol. The molecular weight excluding hydrogens is 534 g/mol. The number of hydrogen-bond acceptors (Lipinski definition) is 6. The number of aromatic nitrogens is 2. The van der Waals surface area contributed by atoms with Gasteiger partial charge in [-0.3, -0.25) is 4.79 Å². The summed E-state index contributed by atoms with van der Waals surface area (Å²) in [4.78, 5) is 27.7. The van der Waals surface area contributed by atoms with Gasteiger partial charge in [0.2, 0.25) is 17.6 Å². The van der Waals surface area contributed by atoms with Crippen LogP contribution in [0.15, 0.2) is 58.4 Å². The molecule has 3 N–H and O–H groups in total. The van der Waals surface area contributed by atoms with Crippen LogP contribution in [0.5, 0.6) is 0 Å². The van der Waals surface area contributed by atoms with Crippen LogP contribution in [-0.4, -0.2) is 50.8 Å². The third-order valence-electron chi connectivity index (χ3n) is 5.80. The third-order valence-corrected chi connectivity index (χ3v) is 5.80. The molecule has 0 saturated carbocycles. The summed E-state index contributed by atoms with van der Waals surface area (Å²) in [5, 5.41) is 10.9. The van der Waals surface area contributed by atoms with Crippen LogP contribution in [0.25, 0.3) is 11.4 Å². The summed E-state index contributed by atoms with van der Waals surface area (Å²) < 4.78 is 78.3. The van der Waals surface area contributed by atoms with Crippen molar-refractivity contribution in [1.29, 1.82) is 0 Å². The van der Waals surface area contributed by atoms with E-state index in [2.05, 4.69) is 10.1 Å². The molecule has 1 aromatic heterocycles. The highest BCUT2D eigenvalue weighted by molar-refractivity contribution is 5.77. The van der Waals surface area contributed by atoms with Gasteiger partial charge in [0, 0.05) is 25.1 Å². The van der Waals surface area contributed by atoms with Crippen LogP contribution >= 0.6 is 0 Å². The van der Waals surface area contributed by atoms with Gasteiger partial charge in [0.05, 0.1) is 5.56 Å². The predicted octanol–water partition coefficient (Wildman–Crippen LogP) is 5.16. The molecule has 0 radical (unpaired) electrons. The van der Waals surface area contributed by atoms with Crippen molar-refractivity contribution in [3.05, 3.63) is 71.4 Å². The first-order valence-electron chi connectivity index (χ1n) is 11.7. The maximum Gasteiger partial charge on any atom is 0.490 e. The van der Waals surface area contributed by atoms with Gasteiger partial charge in [-0.15, -0.1) is 0 Å². The number of benzene rings is 1. The fraction of sp³-hybridized carbons (Fsp3) is 0.360. The number of allylic oxidation sites excluding steroid dienone is 5. The van der Waals surface area contributed by atoms with Crippen molar-refractivity contribution in [1.82, 2.24) is 15.0 Å². The summed E-state index contributed by atoms with van der Waals surface area (Å²) in [7, 11) is 0. The summed E-state index contributed by atoms with van der Waals surface area (Å²) in [6.07, 6.45) is 3.88. The number of amides is 1. The van der Waals surface area contributed by atoms with Gasteiger partial charge in [-0.1, -0.05) is 23.4 Å². The number of carbonyl (C=O) groups excluding carboxylic acids is 1. The zero-order valence-corrected chi connectivity index (χ0v) is 20.3. The molecule has 1 saturated heterocycles. The summed E-state index contributed by atoms with van der Waals surface area (Å²) in [5.74, 6) is -4.61. The van der Waals surface area contributed by atoms with Gasteiger partial charge in [-0.25, -0.2) is 18.0 Å². The van der Waals surface area contributed by atoms with E-state index in [1.807, 2.05) is 6.08 Å². The Morgan fingerprint density at radius 3 is 2.54 bits per heavy atom. The quantitative estimate of drug-likeness (QED) is 0.470. The molecule has 1 fully saturated rings. The highest BCUT2D eigenvalue weighted by atomic mass is 19.4. The van der Waals surface area contributed by atoms with Gasteiger partial charge < -0.3 is 20.3 Å². The predicted molar refractivity (Wildman–Crippen MR) is 125 cm³/mol. The van der Waals surface area contributed by atoms with E-state index >= 15 is 0 Å². The molecule has 1 aliphatic carbocycles. The van der Waals surface area contributed by atoms with Gasteiger partial charge in [0.15, 0.2) is 0 Å². The van der Waals surface area contributed by atoms with Crippen molar-refractivity contribution in [2.24, 2.45) is 5.73 Å². The largest absolute Gasteiger partial charge is 0.490 e. The standard InChI is InChI=1S/C23H23F3N4O2.C2HF3O2/c24-15-8-9-17(19(26)12-15)22-28-23(32-29-22)20-7-4-10-30(20)21(31)13-16(27)11-14-5-2-1-3-6-18(14)25;3-2(4,5)1(6)7/h2-3,5-6,8-9,12,16,20H,1,4,7,10-11,13,27H2;(H,6,7)/t16?,20-;/m0./s1. The van der Waals surface area contributed by atoms with Crippen molar-refractivity contribution >= 4 is 11.9 Å². The third kappa shape index (κ3) is 8.02. The second-order valence-electron chi connectivity index (χ2n) is 8.71. The SMILES string of the molecule is NC(CC(=O)N1CCC[C@H]1c1nc(-c2ccc(F)cc2F)no1)CC1=C(F)C=CCC=C1.O=C(O)C(F)(F)F. The number of alkyl halides is 3. The molecule has 0 spiro atoms. The normalized spacial score (nSPS) is 18.0. The zero-order valence-electron chi connectivity index (χ0n) is 20.3. The lowest BCUT2D eigenvalue weighted by atomic mass is 10.0. The molecule has 2 aliphatic rings. The number of rotatable bonds is 6. The molecule has 14 heteroatoms. The lowest BCUT2D eigenvalue weighted by molar-refractivity contribution is -0.192. The highest BCUT2D eigenvalue weighted by Crippen LogP contribution is 2.33. The van der Waals surface area contributed by atoms with E-state index in [0.717, 1.165) is 18.6 Å². The van der Waals surface area contributed by atoms with Crippen LogP contribution in [0.1, 0.15) is 44.0 Å². The molecule has 4 rings (SSSR count). The van der Waals surface area contributed by atoms with E-state index < -0.39 is 35.9 Å². The number of carbonyl (C=O) groups is 2. The Bertz CT molecular complexity index is 1290. The number of hydrogen-bond donors (Lipinski definition) is 2. The van der Waals surface area contributed by atoms with Gasteiger partial charge in [-0.05, 0) is 49.5 Å². The maximum atomic E-state index is 14.1. The Balaban J connectivity index is 0.000000532. The minimum Gasteiger partial charge on any atom is -0.475 e. The van der Waals surface area contributed by atoms with E-state index in [0.29, 0.717) is 25.0 Å². The Morgan fingerprint density at radius 2 is 1.87 bits per heavy atom. The Hall–Kier alpha value is -3.94. The monoisotopic (exact) mass is 558 g/mol. The molecule has 2 atom stereocenters. The van der Waals surface area contributed by atoms with Gasteiger partial charge in [0.1, 0.15) is 23.5 Å². The minimum atomic E-state index is -5.08. The van der Waals surface area contributed by atoms with Gasteiger partial charge >= 0.3 is 12.1 Å². The van der Waals surface area contributed by atoms with Crippen LogP contribution in [0.2, 0.25) is 0 Å². The summed E-state index contributed by atoms with van der Waals surface area (Å²) >= 11 is 0. The van der Waals surface area contributed by atoms with Crippen molar-refractivity contribution in [3.8, 4) is 11.4 Å². The fourth-order valence-corrected chi connectivity index (χ4v) is 3.98. The van der Waals surface area contributed by atoms with Crippen LogP contribution < -0.4 is 5.73 Å². The zero-order chi connectivity index (χ0) is 28.7. The van der Waals surface area contributed by atoms with Crippen molar-refractivity contribution in [3.63, 3.8) is 0 Å². The van der Waals surface area contributed by atoms with Crippen molar-refractivity contribution < 1.29 is 45.6 Å². The van der Waals surface area contributed by atoms with Gasteiger partial charge in [0.25, 0.3) is 0 Å². The second kappa shape index (κ2) is 12.7. The summed E-state index contributed by atoms with van der Waals surface area (Å²) in [5.41, 5.74) is 6.64. The Labute approximate surface area is 218 Å². The number of nitrogens with two attached hydrogens (primary N) is 1. The molecule has 8 nitrogen and oxygen atoms in total. The lowest BCUT2D eigenvalue weighted by Gasteiger charge is -2.23. The molecule has 1 unspecified atom stereocenters. The topological polar surface area (TPSA) is 123 Å².